The maximum absolute atomic E-state index is 11.2. The first kappa shape index (κ1) is 13.3. The molecule has 2 aromatic rings. The third kappa shape index (κ3) is 2.60. The SMILES string of the molecule is Cc1nc2cc(NCCC3CCC3)c([N+](=O)[O-])cc2s1. The maximum atomic E-state index is 11.2. The number of thiazole rings is 1. The molecular formula is C14H17N3O2S. The standard InChI is InChI=1S/C14H17N3O2S/c1-9-16-12-7-11(15-6-5-10-3-2-4-10)13(17(18)19)8-14(12)20-9/h7-8,10,15H,2-6H2,1H3. The minimum absolute atomic E-state index is 0.148. The van der Waals surface area contributed by atoms with Crippen molar-refractivity contribution in [2.24, 2.45) is 5.92 Å². The van der Waals surface area contributed by atoms with Crippen LogP contribution in [0.25, 0.3) is 10.2 Å². The van der Waals surface area contributed by atoms with Crippen molar-refractivity contribution in [3.05, 3.63) is 27.3 Å². The lowest BCUT2D eigenvalue weighted by molar-refractivity contribution is -0.383. The summed E-state index contributed by atoms with van der Waals surface area (Å²) in [5, 5.41) is 15.3. The molecule has 1 aromatic carbocycles. The Labute approximate surface area is 121 Å². The van der Waals surface area contributed by atoms with Gasteiger partial charge in [-0.15, -0.1) is 11.3 Å². The van der Waals surface area contributed by atoms with E-state index in [1.54, 1.807) is 12.1 Å². The summed E-state index contributed by atoms with van der Waals surface area (Å²) in [7, 11) is 0. The van der Waals surface area contributed by atoms with Gasteiger partial charge in [-0.3, -0.25) is 10.1 Å². The number of nitro groups is 1. The monoisotopic (exact) mass is 291 g/mol. The van der Waals surface area contributed by atoms with Crippen molar-refractivity contribution in [2.75, 3.05) is 11.9 Å². The minimum atomic E-state index is -0.319. The van der Waals surface area contributed by atoms with E-state index in [1.807, 2.05) is 6.92 Å². The Kier molecular flexibility index (Phi) is 3.56. The van der Waals surface area contributed by atoms with Gasteiger partial charge in [-0.05, 0) is 25.3 Å². The number of benzene rings is 1. The largest absolute Gasteiger partial charge is 0.379 e. The number of hydrogen-bond acceptors (Lipinski definition) is 5. The van der Waals surface area contributed by atoms with Crippen molar-refractivity contribution in [3.63, 3.8) is 0 Å². The van der Waals surface area contributed by atoms with Crippen molar-refractivity contribution >= 4 is 32.9 Å². The smallest absolute Gasteiger partial charge is 0.293 e. The number of rotatable bonds is 5. The molecule has 5 nitrogen and oxygen atoms in total. The highest BCUT2D eigenvalue weighted by Gasteiger charge is 2.19. The second-order valence-electron chi connectivity index (χ2n) is 5.34. The number of hydrogen-bond donors (Lipinski definition) is 1. The van der Waals surface area contributed by atoms with Gasteiger partial charge in [-0.2, -0.15) is 0 Å². The summed E-state index contributed by atoms with van der Waals surface area (Å²) in [6, 6.07) is 3.43. The van der Waals surface area contributed by atoms with Gasteiger partial charge >= 0.3 is 0 Å². The van der Waals surface area contributed by atoms with E-state index in [1.165, 1.54) is 30.6 Å². The van der Waals surface area contributed by atoms with Crippen molar-refractivity contribution in [1.82, 2.24) is 4.98 Å². The van der Waals surface area contributed by atoms with Crippen LogP contribution >= 0.6 is 11.3 Å². The van der Waals surface area contributed by atoms with Crippen LogP contribution in [-0.4, -0.2) is 16.5 Å². The summed E-state index contributed by atoms with van der Waals surface area (Å²) in [6.07, 6.45) is 5.02. The van der Waals surface area contributed by atoms with Crippen LogP contribution in [0.1, 0.15) is 30.7 Å². The van der Waals surface area contributed by atoms with E-state index in [4.69, 9.17) is 0 Å². The summed E-state index contributed by atoms with van der Waals surface area (Å²) < 4.78 is 0.874. The summed E-state index contributed by atoms with van der Waals surface area (Å²) in [4.78, 5) is 15.3. The zero-order valence-corrected chi connectivity index (χ0v) is 12.2. The second kappa shape index (κ2) is 5.36. The van der Waals surface area contributed by atoms with Crippen LogP contribution in [0.15, 0.2) is 12.1 Å². The Bertz CT molecular complexity index is 649. The summed E-state index contributed by atoms with van der Waals surface area (Å²) in [5.41, 5.74) is 1.58. The average Bonchev–Trinajstić information content (AvgIpc) is 2.70. The topological polar surface area (TPSA) is 68.1 Å². The number of anilines is 1. The third-order valence-corrected chi connectivity index (χ3v) is 4.84. The van der Waals surface area contributed by atoms with Gasteiger partial charge in [0.05, 0.1) is 20.1 Å². The minimum Gasteiger partial charge on any atom is -0.379 e. The molecule has 1 saturated carbocycles. The zero-order chi connectivity index (χ0) is 14.1. The fourth-order valence-electron chi connectivity index (χ4n) is 2.56. The maximum Gasteiger partial charge on any atom is 0.293 e. The molecule has 0 spiro atoms. The van der Waals surface area contributed by atoms with Gasteiger partial charge in [0.15, 0.2) is 0 Å². The van der Waals surface area contributed by atoms with Crippen LogP contribution in [0.3, 0.4) is 0 Å². The zero-order valence-electron chi connectivity index (χ0n) is 11.4. The summed E-state index contributed by atoms with van der Waals surface area (Å²) in [6.45, 7) is 2.71. The Hall–Kier alpha value is -1.69. The van der Waals surface area contributed by atoms with Crippen LogP contribution in [0.5, 0.6) is 0 Å². The normalized spacial score (nSPS) is 15.2. The van der Waals surface area contributed by atoms with Crippen LogP contribution in [0.4, 0.5) is 11.4 Å². The van der Waals surface area contributed by atoms with E-state index >= 15 is 0 Å². The van der Waals surface area contributed by atoms with Crippen molar-refractivity contribution in [2.45, 2.75) is 32.6 Å². The van der Waals surface area contributed by atoms with Crippen LogP contribution in [-0.2, 0) is 0 Å². The Morgan fingerprint density at radius 2 is 2.30 bits per heavy atom. The number of nitro benzene ring substituents is 1. The van der Waals surface area contributed by atoms with E-state index in [0.29, 0.717) is 5.69 Å². The van der Waals surface area contributed by atoms with Crippen LogP contribution in [0, 0.1) is 23.0 Å². The lowest BCUT2D eigenvalue weighted by Crippen LogP contribution is -2.15. The molecule has 3 rings (SSSR count). The molecule has 1 aliphatic rings. The molecule has 0 amide bonds. The number of aromatic nitrogens is 1. The molecule has 0 unspecified atom stereocenters. The lowest BCUT2D eigenvalue weighted by Gasteiger charge is -2.25. The molecule has 1 aromatic heterocycles. The molecule has 1 heterocycles. The number of nitrogens with one attached hydrogen (secondary N) is 1. The van der Waals surface area contributed by atoms with Gasteiger partial charge in [0, 0.05) is 12.6 Å². The molecule has 20 heavy (non-hydrogen) atoms. The van der Waals surface area contributed by atoms with Crippen molar-refractivity contribution in [3.8, 4) is 0 Å². The van der Waals surface area contributed by atoms with Gasteiger partial charge in [0.25, 0.3) is 5.69 Å². The van der Waals surface area contributed by atoms with Gasteiger partial charge in [0.2, 0.25) is 0 Å². The fourth-order valence-corrected chi connectivity index (χ4v) is 3.41. The van der Waals surface area contributed by atoms with Crippen molar-refractivity contribution < 1.29 is 4.92 Å². The highest BCUT2D eigenvalue weighted by atomic mass is 32.1. The number of nitrogens with zero attached hydrogens (tertiary/aromatic N) is 2. The van der Waals surface area contributed by atoms with Crippen LogP contribution < -0.4 is 5.32 Å². The van der Waals surface area contributed by atoms with E-state index in [9.17, 15) is 10.1 Å². The molecule has 0 saturated heterocycles. The van der Waals surface area contributed by atoms with Gasteiger partial charge in [0.1, 0.15) is 5.69 Å². The first-order valence-electron chi connectivity index (χ1n) is 6.93. The first-order valence-corrected chi connectivity index (χ1v) is 7.74. The summed E-state index contributed by atoms with van der Waals surface area (Å²) in [5.74, 6) is 0.798. The molecule has 0 radical (unpaired) electrons. The van der Waals surface area contributed by atoms with E-state index in [0.717, 1.165) is 34.1 Å². The van der Waals surface area contributed by atoms with E-state index in [-0.39, 0.29) is 10.6 Å². The quantitative estimate of drug-likeness (QED) is 0.664. The van der Waals surface area contributed by atoms with E-state index in [2.05, 4.69) is 10.3 Å². The van der Waals surface area contributed by atoms with Crippen molar-refractivity contribution in [1.29, 1.82) is 0 Å². The molecule has 6 heteroatoms. The first-order chi connectivity index (χ1) is 9.63. The van der Waals surface area contributed by atoms with Gasteiger partial charge in [-0.25, -0.2) is 4.98 Å². The predicted octanol–water partition coefficient (Wildman–Crippen LogP) is 4.12. The Morgan fingerprint density at radius 1 is 1.50 bits per heavy atom. The molecule has 1 N–H and O–H groups in total. The molecule has 0 bridgehead atoms. The summed E-state index contributed by atoms with van der Waals surface area (Å²) >= 11 is 1.49. The highest BCUT2D eigenvalue weighted by Crippen LogP contribution is 2.34. The van der Waals surface area contributed by atoms with Gasteiger partial charge < -0.3 is 5.32 Å². The molecule has 1 fully saturated rings. The number of aryl methyl sites for hydroxylation is 1. The van der Waals surface area contributed by atoms with Gasteiger partial charge in [-0.1, -0.05) is 19.3 Å². The predicted molar refractivity (Wildman–Crippen MR) is 81.5 cm³/mol. The lowest BCUT2D eigenvalue weighted by atomic mass is 9.83. The van der Waals surface area contributed by atoms with E-state index < -0.39 is 0 Å². The third-order valence-electron chi connectivity index (χ3n) is 3.90. The molecular weight excluding hydrogens is 274 g/mol. The Morgan fingerprint density at radius 3 is 2.95 bits per heavy atom. The van der Waals surface area contributed by atoms with Crippen LogP contribution in [0.2, 0.25) is 0 Å². The molecule has 106 valence electrons. The molecule has 1 aliphatic carbocycles. The average molecular weight is 291 g/mol. The second-order valence-corrected chi connectivity index (χ2v) is 6.57. The molecule has 0 atom stereocenters. The number of fused-ring (bicyclic) bond motifs is 1. The molecule has 0 aliphatic heterocycles. The Balaban J connectivity index is 1.82. The fraction of sp³-hybridized carbons (Fsp3) is 0.500. The highest BCUT2D eigenvalue weighted by molar-refractivity contribution is 7.18.